The molecule has 1 fully saturated rings. The highest BCUT2D eigenvalue weighted by molar-refractivity contribution is 5.76. The Balaban J connectivity index is 1.91. The Kier molecular flexibility index (Phi) is 4.56. The molecule has 1 heterocycles. The molecule has 1 aromatic carbocycles. The lowest BCUT2D eigenvalue weighted by atomic mass is 9.72. The van der Waals surface area contributed by atoms with Gasteiger partial charge in [-0.25, -0.2) is 0 Å². The van der Waals surface area contributed by atoms with Crippen molar-refractivity contribution in [1.29, 1.82) is 0 Å². The summed E-state index contributed by atoms with van der Waals surface area (Å²) in [5.74, 6) is 0.589. The molecular weight excluding hydrogens is 304 g/mol. The van der Waals surface area contributed by atoms with Gasteiger partial charge in [-0.2, -0.15) is 0 Å². The number of hydrogen-bond acceptors (Lipinski definition) is 2. The third-order valence-electron chi connectivity index (χ3n) is 6.06. The lowest BCUT2D eigenvalue weighted by Gasteiger charge is -2.47. The first-order chi connectivity index (χ1) is 11.5. The van der Waals surface area contributed by atoms with Crippen molar-refractivity contribution in [3.63, 3.8) is 0 Å². The van der Waals surface area contributed by atoms with Crippen LogP contribution in [0.2, 0.25) is 0 Å². The van der Waals surface area contributed by atoms with E-state index in [-0.39, 0.29) is 11.1 Å². The number of anilines is 1. The van der Waals surface area contributed by atoms with Crippen LogP contribution in [0.25, 0.3) is 5.57 Å². The topological polar surface area (TPSA) is 38.0 Å². The smallest absolute Gasteiger partial charge is 0.0390 e. The molecule has 3 N–H and O–H groups in total. The third kappa shape index (κ3) is 4.28. The number of nitrogens with two attached hydrogens (primary N) is 1. The zero-order valence-electron chi connectivity index (χ0n) is 17.0. The minimum absolute atomic E-state index is 0.169. The monoisotopic (exact) mass is 340 g/mol. The van der Waals surface area contributed by atoms with Gasteiger partial charge in [-0.3, -0.25) is 0 Å². The molecule has 138 valence electrons. The van der Waals surface area contributed by atoms with Gasteiger partial charge >= 0.3 is 0 Å². The van der Waals surface area contributed by atoms with Crippen LogP contribution < -0.4 is 11.1 Å². The van der Waals surface area contributed by atoms with Gasteiger partial charge in [0.05, 0.1) is 0 Å². The molecule has 1 aliphatic heterocycles. The maximum atomic E-state index is 6.37. The number of nitrogens with one attached hydrogen (secondary N) is 1. The Hall–Kier alpha value is -1.28. The highest BCUT2D eigenvalue weighted by atomic mass is 15.0. The van der Waals surface area contributed by atoms with E-state index in [0.717, 1.165) is 18.5 Å². The summed E-state index contributed by atoms with van der Waals surface area (Å²) in [5.41, 5.74) is 12.3. The summed E-state index contributed by atoms with van der Waals surface area (Å²) in [4.78, 5) is 0. The molecule has 2 aliphatic rings. The maximum absolute atomic E-state index is 6.37. The lowest BCUT2D eigenvalue weighted by molar-refractivity contribution is 0.162. The van der Waals surface area contributed by atoms with Gasteiger partial charge in [0.2, 0.25) is 0 Å². The van der Waals surface area contributed by atoms with Crippen LogP contribution in [-0.4, -0.2) is 11.1 Å². The molecular formula is C23H36N2. The van der Waals surface area contributed by atoms with Crippen molar-refractivity contribution in [3.8, 4) is 0 Å². The van der Waals surface area contributed by atoms with Crippen LogP contribution in [0.4, 0.5) is 5.69 Å². The van der Waals surface area contributed by atoms with E-state index in [1.807, 2.05) is 0 Å². The van der Waals surface area contributed by atoms with E-state index >= 15 is 0 Å². The van der Waals surface area contributed by atoms with E-state index in [0.29, 0.717) is 11.3 Å². The molecule has 2 nitrogen and oxygen atoms in total. The first kappa shape index (κ1) is 18.5. The van der Waals surface area contributed by atoms with E-state index in [4.69, 9.17) is 5.73 Å². The van der Waals surface area contributed by atoms with E-state index in [9.17, 15) is 0 Å². The largest absolute Gasteiger partial charge is 0.398 e. The van der Waals surface area contributed by atoms with Crippen molar-refractivity contribution in [2.75, 3.05) is 5.73 Å². The molecule has 1 aromatic rings. The van der Waals surface area contributed by atoms with Gasteiger partial charge < -0.3 is 11.1 Å². The van der Waals surface area contributed by atoms with Crippen LogP contribution in [0.3, 0.4) is 0 Å². The summed E-state index contributed by atoms with van der Waals surface area (Å²) in [6, 6.07) is 6.78. The van der Waals surface area contributed by atoms with Gasteiger partial charge in [-0.15, -0.1) is 0 Å². The van der Waals surface area contributed by atoms with E-state index in [2.05, 4.69) is 71.1 Å². The second kappa shape index (κ2) is 6.16. The first-order valence-electron chi connectivity index (χ1n) is 9.85. The van der Waals surface area contributed by atoms with Gasteiger partial charge in [-0.1, -0.05) is 26.0 Å². The average molecular weight is 341 g/mol. The fraction of sp³-hybridized carbons (Fsp3) is 0.652. The Morgan fingerprint density at radius 1 is 1.00 bits per heavy atom. The quantitative estimate of drug-likeness (QED) is 0.659. The summed E-state index contributed by atoms with van der Waals surface area (Å²) >= 11 is 0. The standard InChI is InChI=1S/C23H36N2/c1-21(2)11-9-16(10-12-21)19-13-17(7-8-20(19)24)18-14-22(3,4)25-23(5,6)15-18/h7-9,13,18,25H,10-12,14-15,24H2,1-6H3. The molecule has 0 saturated carbocycles. The Morgan fingerprint density at radius 3 is 2.20 bits per heavy atom. The summed E-state index contributed by atoms with van der Waals surface area (Å²) in [6.07, 6.45) is 8.31. The number of nitrogen functional groups attached to an aromatic ring is 1. The number of piperidine rings is 1. The molecule has 0 radical (unpaired) electrons. The fourth-order valence-electron chi connectivity index (χ4n) is 4.99. The van der Waals surface area contributed by atoms with Gasteiger partial charge in [0.1, 0.15) is 0 Å². The lowest BCUT2D eigenvalue weighted by Crippen LogP contribution is -2.57. The highest BCUT2D eigenvalue weighted by Gasteiger charge is 2.38. The van der Waals surface area contributed by atoms with Gasteiger partial charge in [-0.05, 0) is 94.4 Å². The maximum Gasteiger partial charge on any atom is 0.0390 e. The van der Waals surface area contributed by atoms with Crippen LogP contribution in [0.1, 0.15) is 90.7 Å². The van der Waals surface area contributed by atoms with Crippen molar-refractivity contribution >= 4 is 11.3 Å². The molecule has 2 heteroatoms. The molecule has 0 atom stereocenters. The highest BCUT2D eigenvalue weighted by Crippen LogP contribution is 2.43. The zero-order valence-corrected chi connectivity index (χ0v) is 17.0. The predicted octanol–water partition coefficient (Wildman–Crippen LogP) is 5.89. The summed E-state index contributed by atoms with van der Waals surface area (Å²) < 4.78 is 0. The van der Waals surface area contributed by atoms with Crippen molar-refractivity contribution < 1.29 is 0 Å². The summed E-state index contributed by atoms with van der Waals surface area (Å²) in [7, 11) is 0. The zero-order chi connectivity index (χ0) is 18.5. The van der Waals surface area contributed by atoms with Crippen molar-refractivity contribution in [2.24, 2.45) is 5.41 Å². The van der Waals surface area contributed by atoms with E-state index < -0.39 is 0 Å². The fourth-order valence-corrected chi connectivity index (χ4v) is 4.99. The normalized spacial score (nSPS) is 25.4. The van der Waals surface area contributed by atoms with E-state index in [1.165, 1.54) is 36.0 Å². The molecule has 0 amide bonds. The van der Waals surface area contributed by atoms with Crippen molar-refractivity contribution in [3.05, 3.63) is 35.4 Å². The second-order valence-electron chi connectivity index (χ2n) is 10.4. The minimum atomic E-state index is 0.169. The number of rotatable bonds is 2. The average Bonchev–Trinajstić information content (AvgIpc) is 2.45. The van der Waals surface area contributed by atoms with Crippen molar-refractivity contribution in [1.82, 2.24) is 5.32 Å². The van der Waals surface area contributed by atoms with Crippen LogP contribution in [0.15, 0.2) is 24.3 Å². The molecule has 0 spiro atoms. The molecule has 3 rings (SSSR count). The van der Waals surface area contributed by atoms with Gasteiger partial charge in [0, 0.05) is 22.3 Å². The number of hydrogen-bond donors (Lipinski definition) is 2. The molecule has 0 bridgehead atoms. The number of allylic oxidation sites excluding steroid dienone is 2. The summed E-state index contributed by atoms with van der Waals surface area (Å²) in [6.45, 7) is 14.0. The van der Waals surface area contributed by atoms with E-state index in [1.54, 1.807) is 0 Å². The number of benzene rings is 1. The Bertz CT molecular complexity index is 663. The molecule has 1 aliphatic carbocycles. The predicted molar refractivity (Wildman–Crippen MR) is 110 cm³/mol. The van der Waals surface area contributed by atoms with Gasteiger partial charge in [0.25, 0.3) is 0 Å². The molecule has 25 heavy (non-hydrogen) atoms. The second-order valence-corrected chi connectivity index (χ2v) is 10.4. The van der Waals surface area contributed by atoms with Crippen LogP contribution >= 0.6 is 0 Å². The van der Waals surface area contributed by atoms with Crippen molar-refractivity contribution in [2.45, 2.75) is 90.6 Å². The summed E-state index contributed by atoms with van der Waals surface area (Å²) in [5, 5.41) is 3.79. The van der Waals surface area contributed by atoms with Gasteiger partial charge in [0.15, 0.2) is 0 Å². The SMILES string of the molecule is CC1(C)CC=C(c2cc(C3CC(C)(C)NC(C)(C)C3)ccc2N)CC1. The molecule has 0 unspecified atom stereocenters. The molecule has 0 aromatic heterocycles. The van der Waals surface area contributed by atoms with Crippen LogP contribution in [-0.2, 0) is 0 Å². The van der Waals surface area contributed by atoms with Crippen LogP contribution in [0, 0.1) is 5.41 Å². The first-order valence-corrected chi connectivity index (χ1v) is 9.85. The third-order valence-corrected chi connectivity index (χ3v) is 6.06. The minimum Gasteiger partial charge on any atom is -0.398 e. The Morgan fingerprint density at radius 2 is 1.64 bits per heavy atom. The Labute approximate surface area is 154 Å². The molecule has 1 saturated heterocycles. The van der Waals surface area contributed by atoms with Crippen LogP contribution in [0.5, 0.6) is 0 Å².